The third kappa shape index (κ3) is 8.07. The van der Waals surface area contributed by atoms with E-state index in [4.69, 9.17) is 0 Å². The Morgan fingerprint density at radius 2 is 1.84 bits per heavy atom. The standard InChI is InChI=1S/C15H31N5O3S.HI/c1-11(2)17-15(16-9-14(21)19(5)6)20-8-7-13(10-20)24(22,23)18-12(3)4;/h11-13,18H,7-10H2,1-6H3,(H,16,17);1H. The highest BCUT2D eigenvalue weighted by molar-refractivity contribution is 14.0. The molecular formula is C15H32IN5O3S. The van der Waals surface area contributed by atoms with Crippen molar-refractivity contribution < 1.29 is 13.2 Å². The zero-order valence-corrected chi connectivity index (χ0v) is 19.1. The molecule has 1 unspecified atom stereocenters. The lowest BCUT2D eigenvalue weighted by molar-refractivity contribution is -0.127. The van der Waals surface area contributed by atoms with Crippen molar-refractivity contribution >= 4 is 45.9 Å². The summed E-state index contributed by atoms with van der Waals surface area (Å²) in [6.45, 7) is 8.59. The minimum Gasteiger partial charge on any atom is -0.354 e. The van der Waals surface area contributed by atoms with E-state index in [0.717, 1.165) is 0 Å². The number of likely N-dealkylation sites (tertiary alicyclic amines) is 1. The zero-order chi connectivity index (χ0) is 18.5. The second kappa shape index (κ2) is 10.5. The molecule has 0 aliphatic carbocycles. The summed E-state index contributed by atoms with van der Waals surface area (Å²) in [5.41, 5.74) is 0. The van der Waals surface area contributed by atoms with Gasteiger partial charge in [0.05, 0.1) is 5.25 Å². The molecule has 0 spiro atoms. The summed E-state index contributed by atoms with van der Waals surface area (Å²) in [5, 5.41) is 2.75. The second-order valence-corrected chi connectivity index (χ2v) is 8.89. The lowest BCUT2D eigenvalue weighted by atomic mass is 10.4. The Hall–Kier alpha value is -0.620. The average Bonchev–Trinajstić information content (AvgIpc) is 2.91. The van der Waals surface area contributed by atoms with Crippen LogP contribution >= 0.6 is 24.0 Å². The van der Waals surface area contributed by atoms with Gasteiger partial charge in [-0.25, -0.2) is 18.1 Å². The molecule has 0 aromatic carbocycles. The molecule has 1 saturated heterocycles. The summed E-state index contributed by atoms with van der Waals surface area (Å²) in [4.78, 5) is 19.5. The molecule has 25 heavy (non-hydrogen) atoms. The fraction of sp³-hybridized carbons (Fsp3) is 0.867. The number of carbonyl (C=O) groups excluding carboxylic acids is 1. The number of sulfonamides is 1. The van der Waals surface area contributed by atoms with Gasteiger partial charge in [-0.3, -0.25) is 4.79 Å². The van der Waals surface area contributed by atoms with Crippen LogP contribution in [-0.4, -0.2) is 81.1 Å². The monoisotopic (exact) mass is 489 g/mol. The summed E-state index contributed by atoms with van der Waals surface area (Å²) < 4.78 is 27.3. The van der Waals surface area contributed by atoms with Crippen LogP contribution < -0.4 is 10.0 Å². The number of likely N-dealkylation sites (N-methyl/N-ethyl adjacent to an activating group) is 1. The second-order valence-electron chi connectivity index (χ2n) is 6.90. The van der Waals surface area contributed by atoms with E-state index in [9.17, 15) is 13.2 Å². The van der Waals surface area contributed by atoms with Crippen LogP contribution in [0.25, 0.3) is 0 Å². The summed E-state index contributed by atoms with van der Waals surface area (Å²) in [6.07, 6.45) is 0.544. The molecule has 1 heterocycles. The number of halogens is 1. The van der Waals surface area contributed by atoms with Crippen LogP contribution in [0, 0.1) is 0 Å². The van der Waals surface area contributed by atoms with E-state index >= 15 is 0 Å². The predicted octanol–water partition coefficient (Wildman–Crippen LogP) is 0.449. The first-order chi connectivity index (χ1) is 11.0. The van der Waals surface area contributed by atoms with Crippen LogP contribution in [0.15, 0.2) is 4.99 Å². The molecule has 1 atom stereocenters. The fourth-order valence-electron chi connectivity index (χ4n) is 2.38. The highest BCUT2D eigenvalue weighted by atomic mass is 127. The van der Waals surface area contributed by atoms with Crippen molar-refractivity contribution in [3.63, 3.8) is 0 Å². The third-order valence-electron chi connectivity index (χ3n) is 3.56. The number of aliphatic imine (C=N–C) groups is 1. The Kier molecular flexibility index (Phi) is 10.2. The molecule has 0 aromatic heterocycles. The van der Waals surface area contributed by atoms with Crippen LogP contribution in [0.4, 0.5) is 0 Å². The Balaban J connectivity index is 0.00000576. The van der Waals surface area contributed by atoms with Gasteiger partial charge >= 0.3 is 0 Å². The van der Waals surface area contributed by atoms with Crippen molar-refractivity contribution in [3.8, 4) is 0 Å². The third-order valence-corrected chi connectivity index (χ3v) is 5.63. The highest BCUT2D eigenvalue weighted by Gasteiger charge is 2.34. The number of nitrogens with zero attached hydrogens (tertiary/aromatic N) is 3. The first kappa shape index (κ1) is 24.4. The molecule has 1 amide bonds. The van der Waals surface area contributed by atoms with Crippen molar-refractivity contribution in [1.82, 2.24) is 19.8 Å². The molecule has 0 bridgehead atoms. The van der Waals surface area contributed by atoms with E-state index in [1.165, 1.54) is 4.90 Å². The van der Waals surface area contributed by atoms with Gasteiger partial charge in [0.25, 0.3) is 0 Å². The van der Waals surface area contributed by atoms with Crippen LogP contribution in [-0.2, 0) is 14.8 Å². The number of rotatable bonds is 6. The molecule has 0 aromatic rings. The SMILES string of the molecule is CC(C)NC(=NCC(=O)N(C)C)N1CCC(S(=O)(=O)NC(C)C)C1.I. The maximum absolute atomic E-state index is 12.3. The molecule has 1 aliphatic heterocycles. The van der Waals surface area contributed by atoms with E-state index in [1.807, 2.05) is 32.6 Å². The number of guanidine groups is 1. The topological polar surface area (TPSA) is 94.1 Å². The van der Waals surface area contributed by atoms with E-state index in [1.54, 1.807) is 14.1 Å². The summed E-state index contributed by atoms with van der Waals surface area (Å²) in [5.74, 6) is 0.491. The molecule has 148 valence electrons. The van der Waals surface area contributed by atoms with Gasteiger partial charge in [0.1, 0.15) is 6.54 Å². The molecular weight excluding hydrogens is 457 g/mol. The van der Waals surface area contributed by atoms with Crippen LogP contribution in [0.2, 0.25) is 0 Å². The van der Waals surface area contributed by atoms with Gasteiger partial charge in [-0.2, -0.15) is 0 Å². The van der Waals surface area contributed by atoms with Gasteiger partial charge in [-0.1, -0.05) is 0 Å². The van der Waals surface area contributed by atoms with Crippen LogP contribution in [0.1, 0.15) is 34.1 Å². The molecule has 1 fully saturated rings. The summed E-state index contributed by atoms with van der Waals surface area (Å²) in [6, 6.07) is 0.0198. The Bertz CT molecular complexity index is 564. The first-order valence-corrected chi connectivity index (χ1v) is 9.84. The van der Waals surface area contributed by atoms with E-state index < -0.39 is 15.3 Å². The summed E-state index contributed by atoms with van der Waals surface area (Å²) in [7, 11) is 0.0195. The highest BCUT2D eigenvalue weighted by Crippen LogP contribution is 2.17. The molecule has 10 heteroatoms. The maximum atomic E-state index is 12.3. The molecule has 0 radical (unpaired) electrons. The van der Waals surface area contributed by atoms with Crippen molar-refractivity contribution in [1.29, 1.82) is 0 Å². The van der Waals surface area contributed by atoms with E-state index in [-0.39, 0.29) is 48.5 Å². The van der Waals surface area contributed by atoms with Crippen LogP contribution in [0.3, 0.4) is 0 Å². The smallest absolute Gasteiger partial charge is 0.243 e. The Morgan fingerprint density at radius 1 is 1.24 bits per heavy atom. The van der Waals surface area contributed by atoms with Crippen molar-refractivity contribution in [3.05, 3.63) is 0 Å². The quantitative estimate of drug-likeness (QED) is 0.321. The number of amides is 1. The number of hydrogen-bond acceptors (Lipinski definition) is 4. The number of nitrogens with one attached hydrogen (secondary N) is 2. The molecule has 2 N–H and O–H groups in total. The van der Waals surface area contributed by atoms with Gasteiger partial charge in [0.2, 0.25) is 15.9 Å². The van der Waals surface area contributed by atoms with Gasteiger partial charge in [0.15, 0.2) is 5.96 Å². The normalized spacial score (nSPS) is 18.5. The Morgan fingerprint density at radius 3 is 2.32 bits per heavy atom. The fourth-order valence-corrected chi connectivity index (χ4v) is 4.02. The lowest BCUT2D eigenvalue weighted by Gasteiger charge is -2.24. The zero-order valence-electron chi connectivity index (χ0n) is 15.9. The van der Waals surface area contributed by atoms with Gasteiger partial charge in [-0.05, 0) is 34.1 Å². The number of hydrogen-bond donors (Lipinski definition) is 2. The first-order valence-electron chi connectivity index (χ1n) is 8.30. The predicted molar refractivity (Wildman–Crippen MR) is 112 cm³/mol. The largest absolute Gasteiger partial charge is 0.354 e. The van der Waals surface area contributed by atoms with Crippen LogP contribution in [0.5, 0.6) is 0 Å². The Labute approximate surface area is 168 Å². The van der Waals surface area contributed by atoms with Gasteiger partial charge < -0.3 is 15.1 Å². The minimum atomic E-state index is -3.35. The maximum Gasteiger partial charge on any atom is 0.243 e. The van der Waals surface area contributed by atoms with Gasteiger partial charge in [-0.15, -0.1) is 24.0 Å². The molecule has 1 rings (SSSR count). The van der Waals surface area contributed by atoms with Crippen molar-refractivity contribution in [2.45, 2.75) is 51.4 Å². The van der Waals surface area contributed by atoms with Gasteiger partial charge in [0, 0.05) is 39.3 Å². The lowest BCUT2D eigenvalue weighted by Crippen LogP contribution is -2.46. The van der Waals surface area contributed by atoms with E-state index in [0.29, 0.717) is 25.5 Å². The van der Waals surface area contributed by atoms with Crippen molar-refractivity contribution in [2.24, 2.45) is 4.99 Å². The molecule has 1 aliphatic rings. The van der Waals surface area contributed by atoms with E-state index in [2.05, 4.69) is 15.0 Å². The number of carbonyl (C=O) groups is 1. The summed E-state index contributed by atoms with van der Waals surface area (Å²) >= 11 is 0. The van der Waals surface area contributed by atoms with Crippen molar-refractivity contribution in [2.75, 3.05) is 33.7 Å². The minimum absolute atomic E-state index is 0. The molecule has 8 nitrogen and oxygen atoms in total. The molecule has 0 saturated carbocycles. The average molecular weight is 489 g/mol.